The summed E-state index contributed by atoms with van der Waals surface area (Å²) in [5.41, 5.74) is 7.85. The minimum Gasteiger partial charge on any atom is -0.396 e. The fraction of sp³-hybridized carbons (Fsp3) is 0.455. The Kier molecular flexibility index (Phi) is 2.51. The molecular formula is C11H14N4O2S. The van der Waals surface area contributed by atoms with E-state index >= 15 is 0 Å². The van der Waals surface area contributed by atoms with Crippen molar-refractivity contribution in [2.75, 3.05) is 17.2 Å². The molecule has 0 atom stereocenters. The van der Waals surface area contributed by atoms with Crippen molar-refractivity contribution in [3.63, 3.8) is 0 Å². The number of hydrogen-bond acceptors (Lipinski definition) is 5. The predicted molar refractivity (Wildman–Crippen MR) is 68.0 cm³/mol. The van der Waals surface area contributed by atoms with E-state index in [0.29, 0.717) is 18.5 Å². The molecule has 96 valence electrons. The Hall–Kier alpha value is -1.63. The Morgan fingerprint density at radius 3 is 2.78 bits per heavy atom. The van der Waals surface area contributed by atoms with Crippen LogP contribution in [-0.2, 0) is 9.84 Å². The summed E-state index contributed by atoms with van der Waals surface area (Å²) in [7, 11) is -2.83. The minimum atomic E-state index is -2.83. The first kappa shape index (κ1) is 11.5. The lowest BCUT2D eigenvalue weighted by Gasteiger charge is -2.19. The SMILES string of the molecule is Nc1cnc2cc(C3CCS(=O)(=O)CC3)nn2c1. The van der Waals surface area contributed by atoms with Crippen LogP contribution in [0.25, 0.3) is 5.65 Å². The lowest BCUT2D eigenvalue weighted by atomic mass is 9.99. The molecule has 0 saturated carbocycles. The van der Waals surface area contributed by atoms with Crippen LogP contribution in [0.2, 0.25) is 0 Å². The summed E-state index contributed by atoms with van der Waals surface area (Å²) in [6.45, 7) is 0. The second-order valence-electron chi connectivity index (χ2n) is 4.69. The Balaban J connectivity index is 1.91. The maximum absolute atomic E-state index is 11.4. The molecule has 0 aromatic carbocycles. The van der Waals surface area contributed by atoms with Crippen molar-refractivity contribution in [1.29, 1.82) is 0 Å². The van der Waals surface area contributed by atoms with E-state index in [1.54, 1.807) is 16.9 Å². The molecule has 2 aromatic heterocycles. The lowest BCUT2D eigenvalue weighted by Crippen LogP contribution is -2.22. The molecule has 0 unspecified atom stereocenters. The number of nitrogens with zero attached hydrogens (tertiary/aromatic N) is 3. The summed E-state index contributed by atoms with van der Waals surface area (Å²) >= 11 is 0. The highest BCUT2D eigenvalue weighted by atomic mass is 32.2. The van der Waals surface area contributed by atoms with Gasteiger partial charge in [0.05, 0.1) is 35.3 Å². The Morgan fingerprint density at radius 2 is 2.06 bits per heavy atom. The molecule has 0 spiro atoms. The molecule has 2 aromatic rings. The number of nitrogens with two attached hydrogens (primary N) is 1. The van der Waals surface area contributed by atoms with Gasteiger partial charge in [-0.3, -0.25) is 0 Å². The number of hydrogen-bond donors (Lipinski definition) is 1. The van der Waals surface area contributed by atoms with Crippen LogP contribution in [-0.4, -0.2) is 34.5 Å². The van der Waals surface area contributed by atoms with E-state index in [4.69, 9.17) is 5.73 Å². The topological polar surface area (TPSA) is 90.3 Å². The van der Waals surface area contributed by atoms with Crippen LogP contribution in [0.15, 0.2) is 18.5 Å². The average Bonchev–Trinajstić information content (AvgIpc) is 2.71. The largest absolute Gasteiger partial charge is 0.396 e. The van der Waals surface area contributed by atoms with Crippen LogP contribution in [0.3, 0.4) is 0 Å². The van der Waals surface area contributed by atoms with Crippen molar-refractivity contribution in [3.8, 4) is 0 Å². The number of rotatable bonds is 1. The van der Waals surface area contributed by atoms with Crippen LogP contribution in [0, 0.1) is 0 Å². The van der Waals surface area contributed by atoms with Gasteiger partial charge < -0.3 is 5.73 Å². The van der Waals surface area contributed by atoms with Crippen molar-refractivity contribution >= 4 is 21.2 Å². The molecular weight excluding hydrogens is 252 g/mol. The van der Waals surface area contributed by atoms with E-state index in [2.05, 4.69) is 10.1 Å². The van der Waals surface area contributed by atoms with Crippen molar-refractivity contribution < 1.29 is 8.42 Å². The van der Waals surface area contributed by atoms with E-state index in [-0.39, 0.29) is 17.4 Å². The van der Waals surface area contributed by atoms with Gasteiger partial charge in [0.25, 0.3) is 0 Å². The van der Waals surface area contributed by atoms with Gasteiger partial charge in [-0.2, -0.15) is 5.10 Å². The highest BCUT2D eigenvalue weighted by Gasteiger charge is 2.26. The maximum atomic E-state index is 11.4. The second-order valence-corrected chi connectivity index (χ2v) is 6.99. The van der Waals surface area contributed by atoms with Crippen LogP contribution in [0.4, 0.5) is 5.69 Å². The zero-order valence-corrected chi connectivity index (χ0v) is 10.6. The zero-order chi connectivity index (χ0) is 12.8. The average molecular weight is 266 g/mol. The summed E-state index contributed by atoms with van der Waals surface area (Å²) in [4.78, 5) is 4.18. The van der Waals surface area contributed by atoms with Gasteiger partial charge >= 0.3 is 0 Å². The quantitative estimate of drug-likeness (QED) is 0.816. The molecule has 18 heavy (non-hydrogen) atoms. The summed E-state index contributed by atoms with van der Waals surface area (Å²) < 4.78 is 24.4. The Morgan fingerprint density at radius 1 is 1.33 bits per heavy atom. The molecule has 3 heterocycles. The predicted octanol–water partition coefficient (Wildman–Crippen LogP) is 0.604. The highest BCUT2D eigenvalue weighted by Crippen LogP contribution is 2.28. The third-order valence-electron chi connectivity index (χ3n) is 3.33. The lowest BCUT2D eigenvalue weighted by molar-refractivity contribution is 0.543. The third kappa shape index (κ3) is 2.05. The minimum absolute atomic E-state index is 0.205. The van der Waals surface area contributed by atoms with Crippen molar-refractivity contribution in [2.24, 2.45) is 0 Å². The van der Waals surface area contributed by atoms with Gasteiger partial charge in [0.2, 0.25) is 0 Å². The van der Waals surface area contributed by atoms with Crippen LogP contribution in [0.1, 0.15) is 24.5 Å². The third-order valence-corrected chi connectivity index (χ3v) is 5.04. The molecule has 2 N–H and O–H groups in total. The fourth-order valence-corrected chi connectivity index (χ4v) is 3.79. The number of sulfone groups is 1. The van der Waals surface area contributed by atoms with Crippen molar-refractivity contribution in [1.82, 2.24) is 14.6 Å². The zero-order valence-electron chi connectivity index (χ0n) is 9.78. The molecule has 7 heteroatoms. The van der Waals surface area contributed by atoms with Crippen LogP contribution >= 0.6 is 0 Å². The van der Waals surface area contributed by atoms with Crippen LogP contribution < -0.4 is 5.73 Å². The van der Waals surface area contributed by atoms with Gasteiger partial charge in [0.15, 0.2) is 5.65 Å². The number of fused-ring (bicyclic) bond motifs is 1. The Labute approximate surface area is 105 Å². The summed E-state index contributed by atoms with van der Waals surface area (Å²) in [5.74, 6) is 0.707. The first-order chi connectivity index (χ1) is 8.53. The number of aromatic nitrogens is 3. The summed E-state index contributed by atoms with van der Waals surface area (Å²) in [6.07, 6.45) is 4.58. The van der Waals surface area contributed by atoms with E-state index < -0.39 is 9.84 Å². The molecule has 0 radical (unpaired) electrons. The molecule has 1 saturated heterocycles. The van der Waals surface area contributed by atoms with Crippen molar-refractivity contribution in [3.05, 3.63) is 24.2 Å². The molecule has 0 amide bonds. The van der Waals surface area contributed by atoms with Gasteiger partial charge in [-0.15, -0.1) is 0 Å². The summed E-state index contributed by atoms with van der Waals surface area (Å²) in [5, 5.41) is 4.42. The van der Waals surface area contributed by atoms with Gasteiger partial charge in [0, 0.05) is 12.0 Å². The van der Waals surface area contributed by atoms with Gasteiger partial charge in [-0.1, -0.05) is 0 Å². The van der Waals surface area contributed by atoms with E-state index in [1.807, 2.05) is 6.07 Å². The fourth-order valence-electron chi connectivity index (χ4n) is 2.29. The maximum Gasteiger partial charge on any atom is 0.155 e. The molecule has 0 aliphatic carbocycles. The monoisotopic (exact) mass is 266 g/mol. The molecule has 1 aliphatic rings. The van der Waals surface area contributed by atoms with E-state index in [0.717, 1.165) is 11.3 Å². The number of nitrogen functional groups attached to an aromatic ring is 1. The first-order valence-electron chi connectivity index (χ1n) is 5.85. The normalized spacial score (nSPS) is 20.2. The van der Waals surface area contributed by atoms with Crippen molar-refractivity contribution in [2.45, 2.75) is 18.8 Å². The van der Waals surface area contributed by atoms with E-state index in [9.17, 15) is 8.42 Å². The standard InChI is InChI=1S/C11H14N4O2S/c12-9-6-13-11-5-10(14-15(11)7-9)8-1-3-18(16,17)4-2-8/h5-8H,1-4,12H2. The molecule has 0 bridgehead atoms. The highest BCUT2D eigenvalue weighted by molar-refractivity contribution is 7.91. The molecule has 6 nitrogen and oxygen atoms in total. The first-order valence-corrected chi connectivity index (χ1v) is 7.67. The van der Waals surface area contributed by atoms with Gasteiger partial charge in [-0.25, -0.2) is 17.9 Å². The van der Waals surface area contributed by atoms with E-state index in [1.165, 1.54) is 0 Å². The van der Waals surface area contributed by atoms with Crippen LogP contribution in [0.5, 0.6) is 0 Å². The molecule has 1 aliphatic heterocycles. The second kappa shape index (κ2) is 3.94. The summed E-state index contributed by atoms with van der Waals surface area (Å²) in [6, 6.07) is 1.90. The Bertz CT molecular complexity index is 678. The molecule has 3 rings (SSSR count). The van der Waals surface area contributed by atoms with Gasteiger partial charge in [0.1, 0.15) is 9.84 Å². The number of anilines is 1. The molecule has 1 fully saturated rings. The smallest absolute Gasteiger partial charge is 0.155 e. The van der Waals surface area contributed by atoms with Gasteiger partial charge in [-0.05, 0) is 12.8 Å².